The first kappa shape index (κ1) is 14.4. The predicted octanol–water partition coefficient (Wildman–Crippen LogP) is 2.76. The molecule has 22 heavy (non-hydrogen) atoms. The van der Waals surface area contributed by atoms with E-state index in [1.165, 1.54) is 14.2 Å². The van der Waals surface area contributed by atoms with Gasteiger partial charge in [-0.15, -0.1) is 0 Å². The Labute approximate surface area is 126 Å². The van der Waals surface area contributed by atoms with Gasteiger partial charge in [-0.3, -0.25) is 4.79 Å². The van der Waals surface area contributed by atoms with E-state index in [9.17, 15) is 9.90 Å². The highest BCUT2D eigenvalue weighted by Gasteiger charge is 2.15. The predicted molar refractivity (Wildman–Crippen MR) is 83.8 cm³/mol. The molecule has 0 atom stereocenters. The van der Waals surface area contributed by atoms with Crippen molar-refractivity contribution in [2.75, 3.05) is 14.2 Å². The molecular formula is C17H16O5. The van der Waals surface area contributed by atoms with Gasteiger partial charge in [-0.25, -0.2) is 0 Å². The number of rotatable bonds is 3. The van der Waals surface area contributed by atoms with E-state index in [0.29, 0.717) is 39.0 Å². The maximum atomic E-state index is 12.8. The highest BCUT2D eigenvalue weighted by molar-refractivity contribution is 5.94. The summed E-state index contributed by atoms with van der Waals surface area (Å²) in [6.07, 6.45) is 0. The molecule has 0 fully saturated rings. The summed E-state index contributed by atoms with van der Waals surface area (Å²) in [6, 6.07) is 6.81. The number of aliphatic hydroxyl groups excluding tert-OH is 1. The van der Waals surface area contributed by atoms with Crippen LogP contribution >= 0.6 is 0 Å². The third kappa shape index (κ3) is 2.10. The Morgan fingerprint density at radius 3 is 2.41 bits per heavy atom. The molecular weight excluding hydrogens is 284 g/mol. The molecule has 0 aliphatic carbocycles. The lowest BCUT2D eigenvalue weighted by Gasteiger charge is -2.10. The Balaban J connectivity index is 2.50. The Morgan fingerprint density at radius 1 is 1.05 bits per heavy atom. The molecule has 0 saturated heterocycles. The van der Waals surface area contributed by atoms with Crippen LogP contribution in [0, 0.1) is 6.92 Å². The van der Waals surface area contributed by atoms with Crippen LogP contribution in [0.2, 0.25) is 0 Å². The lowest BCUT2D eigenvalue weighted by molar-refractivity contribution is 0.274. The van der Waals surface area contributed by atoms with Crippen molar-refractivity contribution in [3.8, 4) is 11.5 Å². The number of ether oxygens (including phenoxy) is 2. The Morgan fingerprint density at radius 2 is 1.77 bits per heavy atom. The summed E-state index contributed by atoms with van der Waals surface area (Å²) >= 11 is 0. The first-order chi connectivity index (χ1) is 10.6. The van der Waals surface area contributed by atoms with Crippen molar-refractivity contribution >= 4 is 21.9 Å². The molecule has 0 aliphatic rings. The third-order valence-corrected chi connectivity index (χ3v) is 3.67. The number of methoxy groups -OCH3 is 2. The molecule has 3 aromatic rings. The van der Waals surface area contributed by atoms with Crippen LogP contribution in [-0.4, -0.2) is 19.3 Å². The van der Waals surface area contributed by atoms with Crippen LogP contribution in [0.4, 0.5) is 0 Å². The fraction of sp³-hybridized carbons (Fsp3) is 0.235. The highest BCUT2D eigenvalue weighted by Crippen LogP contribution is 2.30. The topological polar surface area (TPSA) is 68.9 Å². The van der Waals surface area contributed by atoms with E-state index < -0.39 is 0 Å². The SMILES string of the molecule is COc1cc2c(=O)c3c(OC)cc(C)cc3oc2cc1CO. The van der Waals surface area contributed by atoms with Gasteiger partial charge in [-0.05, 0) is 36.8 Å². The fourth-order valence-corrected chi connectivity index (χ4v) is 2.62. The minimum Gasteiger partial charge on any atom is -0.496 e. The lowest BCUT2D eigenvalue weighted by Crippen LogP contribution is -2.05. The molecule has 1 aromatic heterocycles. The largest absolute Gasteiger partial charge is 0.496 e. The summed E-state index contributed by atoms with van der Waals surface area (Å²) in [4.78, 5) is 12.8. The summed E-state index contributed by atoms with van der Waals surface area (Å²) in [5, 5.41) is 10.2. The molecule has 0 amide bonds. The normalized spacial score (nSPS) is 11.1. The van der Waals surface area contributed by atoms with Gasteiger partial charge in [-0.1, -0.05) is 0 Å². The zero-order valence-electron chi connectivity index (χ0n) is 12.6. The van der Waals surface area contributed by atoms with E-state index in [-0.39, 0.29) is 12.0 Å². The van der Waals surface area contributed by atoms with Gasteiger partial charge in [0, 0.05) is 5.56 Å². The molecule has 0 radical (unpaired) electrons. The number of benzene rings is 2. The smallest absolute Gasteiger partial charge is 0.204 e. The van der Waals surface area contributed by atoms with Gasteiger partial charge in [0.15, 0.2) is 0 Å². The van der Waals surface area contributed by atoms with Crippen LogP contribution in [0.25, 0.3) is 21.9 Å². The third-order valence-electron chi connectivity index (χ3n) is 3.67. The van der Waals surface area contributed by atoms with Gasteiger partial charge < -0.3 is 19.0 Å². The molecule has 5 heteroatoms. The first-order valence-electron chi connectivity index (χ1n) is 6.82. The lowest BCUT2D eigenvalue weighted by atomic mass is 10.1. The van der Waals surface area contributed by atoms with Crippen molar-refractivity contribution in [2.24, 2.45) is 0 Å². The minimum absolute atomic E-state index is 0.184. The Bertz CT molecular complexity index is 924. The number of fused-ring (bicyclic) bond motifs is 2. The summed E-state index contributed by atoms with van der Waals surface area (Å²) in [5.41, 5.74) is 2.19. The zero-order valence-corrected chi connectivity index (χ0v) is 12.6. The van der Waals surface area contributed by atoms with Crippen molar-refractivity contribution in [3.63, 3.8) is 0 Å². The van der Waals surface area contributed by atoms with Gasteiger partial charge in [0.1, 0.15) is 28.1 Å². The average Bonchev–Trinajstić information content (AvgIpc) is 2.52. The quantitative estimate of drug-likeness (QED) is 0.753. The van der Waals surface area contributed by atoms with Gasteiger partial charge in [-0.2, -0.15) is 0 Å². The van der Waals surface area contributed by atoms with Crippen molar-refractivity contribution in [1.29, 1.82) is 0 Å². The number of aliphatic hydroxyl groups is 1. The monoisotopic (exact) mass is 300 g/mol. The second-order valence-electron chi connectivity index (χ2n) is 5.09. The minimum atomic E-state index is -0.196. The first-order valence-corrected chi connectivity index (χ1v) is 6.82. The molecule has 1 heterocycles. The van der Waals surface area contributed by atoms with E-state index in [1.807, 2.05) is 6.92 Å². The van der Waals surface area contributed by atoms with E-state index >= 15 is 0 Å². The van der Waals surface area contributed by atoms with Crippen LogP contribution in [0.1, 0.15) is 11.1 Å². The summed E-state index contributed by atoms with van der Waals surface area (Å²) < 4.78 is 16.4. The van der Waals surface area contributed by atoms with E-state index in [0.717, 1.165) is 5.56 Å². The molecule has 0 saturated carbocycles. The maximum absolute atomic E-state index is 12.8. The van der Waals surface area contributed by atoms with Crippen molar-refractivity contribution < 1.29 is 19.0 Å². The van der Waals surface area contributed by atoms with Gasteiger partial charge in [0.2, 0.25) is 5.43 Å². The number of aryl methyl sites for hydroxylation is 1. The molecule has 0 aliphatic heterocycles. The molecule has 0 bridgehead atoms. The van der Waals surface area contributed by atoms with Crippen LogP contribution in [0.15, 0.2) is 33.5 Å². The number of hydrogen-bond acceptors (Lipinski definition) is 5. The molecule has 0 unspecified atom stereocenters. The molecule has 0 spiro atoms. The van der Waals surface area contributed by atoms with Gasteiger partial charge in [0.05, 0.1) is 26.2 Å². The molecule has 2 aromatic carbocycles. The summed E-state index contributed by atoms with van der Waals surface area (Å²) in [6.45, 7) is 1.71. The van der Waals surface area contributed by atoms with E-state index in [1.54, 1.807) is 24.3 Å². The molecule has 114 valence electrons. The second kappa shape index (κ2) is 5.35. The Hall–Kier alpha value is -2.53. The molecule has 5 nitrogen and oxygen atoms in total. The molecule has 3 rings (SSSR count). The van der Waals surface area contributed by atoms with E-state index in [4.69, 9.17) is 13.9 Å². The Kier molecular flexibility index (Phi) is 3.50. The standard InChI is InChI=1S/C17H16O5/c1-9-4-14(21-3)16-15(5-9)22-13-6-10(8-18)12(20-2)7-11(13)17(16)19/h4-7,18H,8H2,1-3H3. The fourth-order valence-electron chi connectivity index (χ4n) is 2.62. The number of hydrogen-bond donors (Lipinski definition) is 1. The van der Waals surface area contributed by atoms with E-state index in [2.05, 4.69) is 0 Å². The van der Waals surface area contributed by atoms with Crippen LogP contribution in [0.5, 0.6) is 11.5 Å². The zero-order chi connectivity index (χ0) is 15.9. The van der Waals surface area contributed by atoms with Crippen molar-refractivity contribution in [3.05, 3.63) is 45.6 Å². The maximum Gasteiger partial charge on any atom is 0.204 e. The van der Waals surface area contributed by atoms with Crippen LogP contribution in [-0.2, 0) is 6.61 Å². The second-order valence-corrected chi connectivity index (χ2v) is 5.09. The highest BCUT2D eigenvalue weighted by atomic mass is 16.5. The van der Waals surface area contributed by atoms with Crippen molar-refractivity contribution in [1.82, 2.24) is 0 Å². The van der Waals surface area contributed by atoms with Crippen molar-refractivity contribution in [2.45, 2.75) is 13.5 Å². The van der Waals surface area contributed by atoms with Gasteiger partial charge >= 0.3 is 0 Å². The molecule has 1 N–H and O–H groups in total. The summed E-state index contributed by atoms with van der Waals surface area (Å²) in [5.74, 6) is 0.934. The van der Waals surface area contributed by atoms with Gasteiger partial charge in [0.25, 0.3) is 0 Å². The van der Waals surface area contributed by atoms with Crippen LogP contribution in [0.3, 0.4) is 0 Å². The summed E-state index contributed by atoms with van der Waals surface area (Å²) in [7, 11) is 3.01. The average molecular weight is 300 g/mol. The van der Waals surface area contributed by atoms with Crippen LogP contribution < -0.4 is 14.9 Å².